The van der Waals surface area contributed by atoms with Crippen molar-refractivity contribution in [2.75, 3.05) is 7.11 Å². The van der Waals surface area contributed by atoms with Gasteiger partial charge < -0.3 is 15.2 Å². The van der Waals surface area contributed by atoms with E-state index in [0.717, 1.165) is 24.0 Å². The molecule has 32 heavy (non-hydrogen) atoms. The van der Waals surface area contributed by atoms with Gasteiger partial charge in [0.2, 0.25) is 11.8 Å². The van der Waals surface area contributed by atoms with E-state index in [1.807, 2.05) is 66.4 Å². The monoisotopic (exact) mass is 426 g/mol. The first-order valence-electron chi connectivity index (χ1n) is 10.4. The number of benzene rings is 1. The molecule has 1 aromatic heterocycles. The molecule has 1 aliphatic carbocycles. The Bertz CT molecular complexity index is 1210. The fourth-order valence-corrected chi connectivity index (χ4v) is 4.59. The number of nitrogens with zero attached hydrogens (tertiary/aromatic N) is 3. The van der Waals surface area contributed by atoms with Crippen molar-refractivity contribution in [1.29, 1.82) is 15.9 Å². The van der Waals surface area contributed by atoms with Crippen LogP contribution in [0.3, 0.4) is 0 Å². The summed E-state index contributed by atoms with van der Waals surface area (Å²) in [7, 11) is 1.57. The maximum absolute atomic E-state index is 12.1. The summed E-state index contributed by atoms with van der Waals surface area (Å²) >= 11 is 0. The fraction of sp³-hybridized carbons (Fsp3) is 0.320. The molecule has 4 rings (SSSR count). The van der Waals surface area contributed by atoms with Crippen LogP contribution in [-0.2, 0) is 0 Å². The fourth-order valence-electron chi connectivity index (χ4n) is 4.59. The molecule has 2 aliphatic rings. The Morgan fingerprint density at radius 3 is 2.47 bits per heavy atom. The lowest BCUT2D eigenvalue weighted by Gasteiger charge is -2.43. The lowest BCUT2D eigenvalue weighted by Crippen LogP contribution is -2.66. The lowest BCUT2D eigenvalue weighted by molar-refractivity contribution is -0.742. The van der Waals surface area contributed by atoms with Crippen LogP contribution in [0.1, 0.15) is 35.9 Å². The van der Waals surface area contributed by atoms with Gasteiger partial charge in [0.25, 0.3) is 0 Å². The van der Waals surface area contributed by atoms with E-state index in [2.05, 4.69) is 17.3 Å². The number of para-hydroxylation sites is 1. The number of hydrogen-bond donors (Lipinski definition) is 3. The van der Waals surface area contributed by atoms with E-state index >= 15 is 0 Å². The predicted molar refractivity (Wildman–Crippen MR) is 116 cm³/mol. The second-order valence-electron chi connectivity index (χ2n) is 8.22. The molecule has 7 nitrogen and oxygen atoms in total. The summed E-state index contributed by atoms with van der Waals surface area (Å²) in [5.74, 6) is 2.02. The Morgan fingerprint density at radius 1 is 1.22 bits per heavy atom. The van der Waals surface area contributed by atoms with Gasteiger partial charge >= 0.3 is 0 Å². The average Bonchev–Trinajstić information content (AvgIpc) is 3.66. The van der Waals surface area contributed by atoms with Crippen LogP contribution in [-0.4, -0.2) is 23.8 Å². The number of rotatable bonds is 5. The number of aromatic nitrogens is 1. The smallest absolute Gasteiger partial charge is 0.217 e. The SMILES string of the molecule is COc1ccccc1C1C(C#N)=C(C(=C=N)C#N)NC(O)(C2CC2)C1[n+]1ccc(C)cc1. The van der Waals surface area contributed by atoms with Crippen molar-refractivity contribution in [2.24, 2.45) is 5.92 Å². The first-order chi connectivity index (χ1) is 15.5. The molecule has 1 aliphatic heterocycles. The van der Waals surface area contributed by atoms with Gasteiger partial charge in [0, 0.05) is 23.6 Å². The van der Waals surface area contributed by atoms with Gasteiger partial charge in [0.1, 0.15) is 17.4 Å². The Balaban J connectivity index is 2.07. The highest BCUT2D eigenvalue weighted by atomic mass is 16.5. The van der Waals surface area contributed by atoms with Gasteiger partial charge in [-0.25, -0.2) is 0 Å². The largest absolute Gasteiger partial charge is 0.496 e. The molecule has 2 aromatic rings. The number of ether oxygens (including phenoxy) is 1. The minimum absolute atomic E-state index is 0.0700. The molecule has 160 valence electrons. The van der Waals surface area contributed by atoms with Crippen molar-refractivity contribution >= 4 is 5.87 Å². The lowest BCUT2D eigenvalue weighted by atomic mass is 9.73. The molecule has 1 saturated carbocycles. The summed E-state index contributed by atoms with van der Waals surface area (Å²) in [6, 6.07) is 14.9. The van der Waals surface area contributed by atoms with Gasteiger partial charge in [0.15, 0.2) is 12.4 Å². The first kappa shape index (κ1) is 21.3. The van der Waals surface area contributed by atoms with Gasteiger partial charge in [0.05, 0.1) is 30.4 Å². The van der Waals surface area contributed by atoms with Crippen LogP contribution in [0.15, 0.2) is 65.6 Å². The van der Waals surface area contributed by atoms with Crippen LogP contribution in [0.5, 0.6) is 5.75 Å². The summed E-state index contributed by atoms with van der Waals surface area (Å²) in [5, 5.41) is 42.6. The summed E-state index contributed by atoms with van der Waals surface area (Å²) in [4.78, 5) is 0. The zero-order chi connectivity index (χ0) is 22.9. The van der Waals surface area contributed by atoms with E-state index < -0.39 is 17.7 Å². The molecule has 0 bridgehead atoms. The molecular formula is C25H24N5O2+. The van der Waals surface area contributed by atoms with E-state index in [9.17, 15) is 15.6 Å². The summed E-state index contributed by atoms with van der Waals surface area (Å²) in [6.45, 7) is 1.99. The maximum Gasteiger partial charge on any atom is 0.217 e. The number of aryl methyl sites for hydroxylation is 1. The molecule has 1 aromatic carbocycles. The molecule has 3 N–H and O–H groups in total. The molecule has 2 heterocycles. The van der Waals surface area contributed by atoms with Crippen molar-refractivity contribution in [2.45, 2.75) is 37.5 Å². The van der Waals surface area contributed by atoms with Crippen LogP contribution < -0.4 is 14.6 Å². The van der Waals surface area contributed by atoms with Crippen molar-refractivity contribution in [3.63, 3.8) is 0 Å². The highest BCUT2D eigenvalue weighted by molar-refractivity contribution is 5.71. The molecule has 0 radical (unpaired) electrons. The van der Waals surface area contributed by atoms with Crippen LogP contribution in [0.4, 0.5) is 0 Å². The van der Waals surface area contributed by atoms with Crippen LogP contribution in [0.2, 0.25) is 0 Å². The van der Waals surface area contributed by atoms with Gasteiger partial charge in [-0.15, -0.1) is 0 Å². The van der Waals surface area contributed by atoms with E-state index in [4.69, 9.17) is 10.1 Å². The number of allylic oxidation sites excluding steroid dienone is 2. The normalized spacial score (nSPS) is 24.5. The van der Waals surface area contributed by atoms with Crippen molar-refractivity contribution in [3.8, 4) is 17.9 Å². The quantitative estimate of drug-likeness (QED) is 0.386. The molecule has 1 fully saturated rings. The van der Waals surface area contributed by atoms with Crippen LogP contribution >= 0.6 is 0 Å². The van der Waals surface area contributed by atoms with Gasteiger partial charge in [-0.2, -0.15) is 15.1 Å². The third-order valence-electron chi connectivity index (χ3n) is 6.29. The van der Waals surface area contributed by atoms with Gasteiger partial charge in [-0.05, 0) is 37.3 Å². The number of pyridine rings is 1. The van der Waals surface area contributed by atoms with Crippen molar-refractivity contribution < 1.29 is 14.4 Å². The Hall–Kier alpha value is -3.90. The van der Waals surface area contributed by atoms with E-state index in [0.29, 0.717) is 5.75 Å². The minimum Gasteiger partial charge on any atom is -0.496 e. The number of hydrogen-bond acceptors (Lipinski definition) is 6. The second kappa shape index (κ2) is 8.32. The molecular weight excluding hydrogens is 402 g/mol. The molecule has 0 spiro atoms. The minimum atomic E-state index is -1.44. The number of aliphatic hydroxyl groups is 1. The Kier molecular flexibility index (Phi) is 5.55. The zero-order valence-electron chi connectivity index (χ0n) is 18.0. The van der Waals surface area contributed by atoms with Crippen molar-refractivity contribution in [3.05, 3.63) is 76.8 Å². The predicted octanol–water partition coefficient (Wildman–Crippen LogP) is 2.79. The third-order valence-corrected chi connectivity index (χ3v) is 6.29. The number of methoxy groups -OCH3 is 1. The molecule has 0 amide bonds. The highest BCUT2D eigenvalue weighted by Crippen LogP contribution is 2.53. The molecule has 0 saturated heterocycles. The van der Waals surface area contributed by atoms with E-state index in [1.54, 1.807) is 7.11 Å². The maximum atomic E-state index is 12.1. The van der Waals surface area contributed by atoms with E-state index in [-0.39, 0.29) is 22.8 Å². The highest BCUT2D eigenvalue weighted by Gasteiger charge is 2.61. The number of nitrogens with one attached hydrogen (secondary N) is 2. The van der Waals surface area contributed by atoms with Crippen LogP contribution in [0, 0.1) is 40.9 Å². The molecule has 3 unspecified atom stereocenters. The van der Waals surface area contributed by atoms with Gasteiger partial charge in [-0.1, -0.05) is 18.2 Å². The average molecular weight is 427 g/mol. The standard InChI is InChI=1S/C25H24N5O2/c1-16-9-11-30(12-10-16)24-22(19-5-3-4-6-21(19)32-2)20(15-28)23(17(13-26)14-27)29-25(24,31)18-7-8-18/h3-6,9-12,18,22,24,26,29,31H,7-8H2,1-2H3/q+1. The van der Waals surface area contributed by atoms with Gasteiger partial charge in [-0.3, -0.25) is 5.41 Å². The summed E-state index contributed by atoms with van der Waals surface area (Å²) in [5.41, 5.74) is 0.649. The third kappa shape index (κ3) is 3.44. The molecule has 3 atom stereocenters. The summed E-state index contributed by atoms with van der Waals surface area (Å²) in [6.07, 6.45) is 5.43. The molecule has 7 heteroatoms. The van der Waals surface area contributed by atoms with Crippen molar-refractivity contribution in [1.82, 2.24) is 5.32 Å². The Morgan fingerprint density at radius 2 is 1.91 bits per heavy atom. The number of nitriles is 2. The zero-order valence-corrected chi connectivity index (χ0v) is 18.0. The summed E-state index contributed by atoms with van der Waals surface area (Å²) < 4.78 is 7.54. The van der Waals surface area contributed by atoms with Crippen LogP contribution in [0.25, 0.3) is 0 Å². The topological polar surface area (TPSA) is 117 Å². The van der Waals surface area contributed by atoms with E-state index in [1.165, 1.54) is 0 Å². The Labute approximate surface area is 187 Å². The second-order valence-corrected chi connectivity index (χ2v) is 8.22. The first-order valence-corrected chi connectivity index (χ1v) is 10.4.